The highest BCUT2D eigenvalue weighted by Crippen LogP contribution is 2.25. The Morgan fingerprint density at radius 2 is 1.92 bits per heavy atom. The zero-order chi connectivity index (χ0) is 17.4. The summed E-state index contributed by atoms with van der Waals surface area (Å²) in [6, 6.07) is 15.2. The topological polar surface area (TPSA) is 75.1 Å². The quantitative estimate of drug-likeness (QED) is 0.588. The van der Waals surface area contributed by atoms with Crippen LogP contribution in [0.2, 0.25) is 5.02 Å². The second kappa shape index (κ2) is 6.03. The van der Waals surface area contributed by atoms with Gasteiger partial charge in [-0.3, -0.25) is 0 Å². The molecule has 0 amide bonds. The van der Waals surface area contributed by atoms with Crippen molar-refractivity contribution < 1.29 is 4.39 Å². The van der Waals surface area contributed by atoms with E-state index < -0.39 is 11.5 Å². The molecule has 0 fully saturated rings. The minimum absolute atomic E-state index is 0.111. The number of hydrogen-bond acceptors (Lipinski definition) is 4. The second-order valence-corrected chi connectivity index (χ2v) is 5.74. The Bertz CT molecular complexity index is 1120. The van der Waals surface area contributed by atoms with E-state index in [1.807, 2.05) is 30.3 Å². The SMILES string of the molecule is O=c1[nH]nc2cc(-c3ccccc3)nc(Nc3cc(Cl)ccc3F)n12. The Kier molecular flexibility index (Phi) is 3.70. The Morgan fingerprint density at radius 3 is 2.72 bits per heavy atom. The third-order valence-corrected chi connectivity index (χ3v) is 3.88. The maximum atomic E-state index is 14.0. The fourth-order valence-corrected chi connectivity index (χ4v) is 2.66. The van der Waals surface area contributed by atoms with Gasteiger partial charge in [0.2, 0.25) is 5.95 Å². The molecule has 0 radical (unpaired) electrons. The van der Waals surface area contributed by atoms with E-state index in [1.165, 1.54) is 22.6 Å². The molecule has 0 aliphatic heterocycles. The van der Waals surface area contributed by atoms with Gasteiger partial charge in [0.1, 0.15) is 5.82 Å². The lowest BCUT2D eigenvalue weighted by Crippen LogP contribution is -2.15. The van der Waals surface area contributed by atoms with Crippen LogP contribution < -0.4 is 11.0 Å². The van der Waals surface area contributed by atoms with E-state index in [0.717, 1.165) is 5.56 Å². The first-order chi connectivity index (χ1) is 12.1. The van der Waals surface area contributed by atoms with Gasteiger partial charge in [-0.2, -0.15) is 5.10 Å². The molecule has 4 rings (SSSR count). The molecule has 0 saturated heterocycles. The molecule has 0 bridgehead atoms. The molecule has 8 heteroatoms. The molecule has 0 aliphatic rings. The van der Waals surface area contributed by atoms with Gasteiger partial charge in [-0.15, -0.1) is 0 Å². The van der Waals surface area contributed by atoms with Crippen molar-refractivity contribution in [3.8, 4) is 11.3 Å². The van der Waals surface area contributed by atoms with Crippen molar-refractivity contribution in [2.45, 2.75) is 0 Å². The summed E-state index contributed by atoms with van der Waals surface area (Å²) in [6.45, 7) is 0. The van der Waals surface area contributed by atoms with Gasteiger partial charge in [0.05, 0.1) is 11.4 Å². The molecular weight excluding hydrogens is 345 g/mol. The van der Waals surface area contributed by atoms with Crippen LogP contribution in [-0.4, -0.2) is 19.6 Å². The molecule has 0 saturated carbocycles. The number of benzene rings is 2. The van der Waals surface area contributed by atoms with Gasteiger partial charge in [0, 0.05) is 16.7 Å². The van der Waals surface area contributed by atoms with Crippen LogP contribution in [0.1, 0.15) is 0 Å². The zero-order valence-corrected chi connectivity index (χ0v) is 13.5. The largest absolute Gasteiger partial charge is 0.350 e. The predicted molar refractivity (Wildman–Crippen MR) is 93.7 cm³/mol. The maximum Gasteiger partial charge on any atom is 0.350 e. The third-order valence-electron chi connectivity index (χ3n) is 3.65. The molecule has 25 heavy (non-hydrogen) atoms. The summed E-state index contributed by atoms with van der Waals surface area (Å²) in [5.74, 6) is -0.378. The summed E-state index contributed by atoms with van der Waals surface area (Å²) >= 11 is 5.92. The minimum Gasteiger partial charge on any atom is -0.323 e. The van der Waals surface area contributed by atoms with E-state index in [1.54, 1.807) is 6.07 Å². The molecule has 2 aromatic carbocycles. The monoisotopic (exact) mass is 355 g/mol. The van der Waals surface area contributed by atoms with Crippen LogP contribution in [0.4, 0.5) is 16.0 Å². The maximum absolute atomic E-state index is 14.0. The minimum atomic E-state index is -0.513. The molecule has 2 N–H and O–H groups in total. The van der Waals surface area contributed by atoms with Crippen molar-refractivity contribution in [1.29, 1.82) is 0 Å². The Labute approximate surface area is 145 Å². The highest BCUT2D eigenvalue weighted by atomic mass is 35.5. The number of fused-ring (bicyclic) bond motifs is 1. The van der Waals surface area contributed by atoms with Gasteiger partial charge < -0.3 is 5.32 Å². The third kappa shape index (κ3) is 2.85. The van der Waals surface area contributed by atoms with Crippen LogP contribution in [0.5, 0.6) is 0 Å². The van der Waals surface area contributed by atoms with Gasteiger partial charge in [0.15, 0.2) is 5.65 Å². The van der Waals surface area contributed by atoms with Crippen molar-refractivity contribution >= 4 is 28.9 Å². The number of rotatable bonds is 3. The Morgan fingerprint density at radius 1 is 1.12 bits per heavy atom. The van der Waals surface area contributed by atoms with E-state index in [-0.39, 0.29) is 11.6 Å². The van der Waals surface area contributed by atoms with E-state index in [9.17, 15) is 9.18 Å². The van der Waals surface area contributed by atoms with Crippen molar-refractivity contribution in [2.75, 3.05) is 5.32 Å². The zero-order valence-electron chi connectivity index (χ0n) is 12.7. The van der Waals surface area contributed by atoms with E-state index >= 15 is 0 Å². The standard InChI is InChI=1S/C17H11ClFN5O/c18-11-6-7-12(19)14(8-11)21-16-20-13(10-4-2-1-3-5-10)9-15-22-23-17(25)24(15)16/h1-9H,(H,20,21)(H,23,25). The number of nitrogens with one attached hydrogen (secondary N) is 2. The molecule has 2 aromatic heterocycles. The highest BCUT2D eigenvalue weighted by Gasteiger charge is 2.13. The summed E-state index contributed by atoms with van der Waals surface area (Å²) in [5.41, 5.74) is 1.43. The number of H-pyrrole nitrogens is 1. The molecule has 0 atom stereocenters. The van der Waals surface area contributed by atoms with Crippen LogP contribution in [0.3, 0.4) is 0 Å². The summed E-state index contributed by atoms with van der Waals surface area (Å²) in [7, 11) is 0. The van der Waals surface area contributed by atoms with Gasteiger partial charge >= 0.3 is 5.69 Å². The van der Waals surface area contributed by atoms with Crippen LogP contribution in [0.15, 0.2) is 59.4 Å². The molecule has 0 aliphatic carbocycles. The lowest BCUT2D eigenvalue weighted by molar-refractivity contribution is 0.631. The van der Waals surface area contributed by atoms with Crippen LogP contribution in [0.25, 0.3) is 16.9 Å². The normalized spacial score (nSPS) is 11.0. The summed E-state index contributed by atoms with van der Waals surface area (Å²) in [6.07, 6.45) is 0. The predicted octanol–water partition coefficient (Wildman–Crippen LogP) is 3.62. The number of anilines is 2. The van der Waals surface area contributed by atoms with Crippen molar-refractivity contribution in [2.24, 2.45) is 0 Å². The van der Waals surface area contributed by atoms with Gasteiger partial charge in [-0.25, -0.2) is 23.7 Å². The molecule has 0 spiro atoms. The second-order valence-electron chi connectivity index (χ2n) is 5.30. The smallest absolute Gasteiger partial charge is 0.323 e. The Hall–Kier alpha value is -3.19. The number of aromatic nitrogens is 4. The van der Waals surface area contributed by atoms with Crippen LogP contribution in [0, 0.1) is 5.82 Å². The summed E-state index contributed by atoms with van der Waals surface area (Å²) in [4.78, 5) is 16.5. The van der Waals surface area contributed by atoms with Crippen LogP contribution in [-0.2, 0) is 0 Å². The average Bonchev–Trinajstić information content (AvgIpc) is 3.00. The number of nitrogens with zero attached hydrogens (tertiary/aromatic N) is 3. The van der Waals surface area contributed by atoms with E-state index in [0.29, 0.717) is 16.4 Å². The first kappa shape index (κ1) is 15.3. The van der Waals surface area contributed by atoms with Crippen molar-refractivity contribution in [3.05, 3.63) is 75.9 Å². The number of halogens is 2. The first-order valence-electron chi connectivity index (χ1n) is 7.37. The van der Waals surface area contributed by atoms with E-state index in [2.05, 4.69) is 20.5 Å². The van der Waals surface area contributed by atoms with Gasteiger partial charge in [0.25, 0.3) is 0 Å². The molecule has 6 nitrogen and oxygen atoms in total. The van der Waals surface area contributed by atoms with Crippen molar-refractivity contribution in [3.63, 3.8) is 0 Å². The molecule has 124 valence electrons. The Balaban J connectivity index is 1.91. The van der Waals surface area contributed by atoms with Gasteiger partial charge in [-0.1, -0.05) is 41.9 Å². The molecule has 4 aromatic rings. The highest BCUT2D eigenvalue weighted by molar-refractivity contribution is 6.30. The number of aromatic amines is 1. The van der Waals surface area contributed by atoms with Gasteiger partial charge in [-0.05, 0) is 18.2 Å². The fourth-order valence-electron chi connectivity index (χ4n) is 2.48. The van der Waals surface area contributed by atoms with E-state index in [4.69, 9.17) is 11.6 Å². The first-order valence-corrected chi connectivity index (χ1v) is 7.75. The average molecular weight is 356 g/mol. The number of hydrogen-bond donors (Lipinski definition) is 2. The van der Waals surface area contributed by atoms with Crippen molar-refractivity contribution in [1.82, 2.24) is 19.6 Å². The summed E-state index contributed by atoms with van der Waals surface area (Å²) in [5, 5.41) is 9.52. The van der Waals surface area contributed by atoms with Crippen LogP contribution >= 0.6 is 11.6 Å². The molecular formula is C17H11ClFN5O. The lowest BCUT2D eigenvalue weighted by atomic mass is 10.1. The fraction of sp³-hybridized carbons (Fsp3) is 0. The molecule has 0 unspecified atom stereocenters. The molecule has 2 heterocycles. The summed E-state index contributed by atoms with van der Waals surface area (Å²) < 4.78 is 15.3. The lowest BCUT2D eigenvalue weighted by Gasteiger charge is -2.10.